The number of hydrogen-bond acceptors (Lipinski definition) is 7. The van der Waals surface area contributed by atoms with E-state index in [-0.39, 0.29) is 28.8 Å². The van der Waals surface area contributed by atoms with E-state index in [4.69, 9.17) is 10.5 Å². The summed E-state index contributed by atoms with van der Waals surface area (Å²) in [5.74, 6) is -1.13. The van der Waals surface area contributed by atoms with Crippen LogP contribution in [-0.2, 0) is 25.9 Å². The molecule has 3 N–H and O–H groups in total. The lowest BCUT2D eigenvalue weighted by Gasteiger charge is -2.02. The number of aromatic nitrogens is 4. The average molecular weight is 400 g/mol. The maximum Gasteiger partial charge on any atom is 0.360 e. The van der Waals surface area contributed by atoms with Crippen LogP contribution in [0.25, 0.3) is 0 Å². The number of carbonyl (C=O) groups excluding carboxylic acids is 3. The van der Waals surface area contributed by atoms with Crippen molar-refractivity contribution in [1.82, 2.24) is 18.7 Å². The van der Waals surface area contributed by atoms with Gasteiger partial charge in [-0.3, -0.25) is 4.79 Å². The zero-order valence-electron chi connectivity index (χ0n) is 16.3. The Hall–Kier alpha value is -4.02. The van der Waals surface area contributed by atoms with Crippen molar-refractivity contribution in [3.8, 4) is 5.75 Å². The van der Waals surface area contributed by atoms with Crippen LogP contribution in [0.4, 0.5) is 11.5 Å². The molecule has 0 aliphatic heterocycles. The van der Waals surface area contributed by atoms with Gasteiger partial charge in [-0.1, -0.05) is 0 Å². The Labute approximate surface area is 165 Å². The van der Waals surface area contributed by atoms with E-state index in [2.05, 4.69) is 15.0 Å². The van der Waals surface area contributed by atoms with Crippen molar-refractivity contribution in [3.05, 3.63) is 47.9 Å². The molecule has 0 aliphatic rings. The van der Waals surface area contributed by atoms with Crippen molar-refractivity contribution >= 4 is 29.4 Å². The van der Waals surface area contributed by atoms with Gasteiger partial charge in [0.05, 0.1) is 12.8 Å². The molecule has 0 saturated heterocycles. The summed E-state index contributed by atoms with van der Waals surface area (Å²) in [7, 11) is 6.18. The Bertz CT molecular complexity index is 1110. The summed E-state index contributed by atoms with van der Waals surface area (Å²) in [5.41, 5.74) is 6.41. The van der Waals surface area contributed by atoms with Gasteiger partial charge in [0.25, 0.3) is 5.91 Å². The molecule has 0 fully saturated rings. The molecule has 0 bridgehead atoms. The fourth-order valence-corrected chi connectivity index (χ4v) is 2.78. The van der Waals surface area contributed by atoms with E-state index in [0.717, 1.165) is 0 Å². The Morgan fingerprint density at radius 2 is 1.62 bits per heavy atom. The third kappa shape index (κ3) is 3.98. The van der Waals surface area contributed by atoms with E-state index >= 15 is 0 Å². The number of nitrogen functional groups attached to an aromatic ring is 1. The van der Waals surface area contributed by atoms with Gasteiger partial charge < -0.3 is 34.2 Å². The van der Waals surface area contributed by atoms with Crippen molar-refractivity contribution in [2.45, 2.75) is 0 Å². The molecule has 11 heteroatoms. The predicted octanol–water partition coefficient (Wildman–Crippen LogP) is 0.937. The van der Waals surface area contributed by atoms with Crippen LogP contribution in [0.15, 0.2) is 30.7 Å². The molecule has 0 unspecified atom stereocenters. The number of nitrogens with two attached hydrogens (primary N) is 1. The van der Waals surface area contributed by atoms with Crippen molar-refractivity contribution < 1.29 is 23.9 Å². The molecule has 0 saturated carbocycles. The van der Waals surface area contributed by atoms with Crippen LogP contribution in [0, 0.1) is 0 Å². The zero-order valence-corrected chi connectivity index (χ0v) is 16.3. The van der Waals surface area contributed by atoms with Gasteiger partial charge in [-0.05, 0) is 6.07 Å². The minimum absolute atomic E-state index is 0.134. The topological polar surface area (TPSA) is 135 Å². The fourth-order valence-electron chi connectivity index (χ4n) is 2.78. The first-order valence-electron chi connectivity index (χ1n) is 8.43. The molecule has 0 aromatic carbocycles. The number of hydrogen-bond donors (Lipinski definition) is 2. The largest absolute Gasteiger partial charge is 0.464 e. The molecule has 0 atom stereocenters. The molecular weight excluding hydrogens is 380 g/mol. The van der Waals surface area contributed by atoms with Crippen LogP contribution in [0.2, 0.25) is 0 Å². The van der Waals surface area contributed by atoms with Gasteiger partial charge in [-0.2, -0.15) is 0 Å². The summed E-state index contributed by atoms with van der Waals surface area (Å²) in [6.07, 6.45) is 4.57. The second-order valence-corrected chi connectivity index (χ2v) is 6.33. The Morgan fingerprint density at radius 1 is 0.966 bits per heavy atom. The van der Waals surface area contributed by atoms with Gasteiger partial charge in [0, 0.05) is 45.8 Å². The number of aryl methyl sites for hydroxylation is 3. The lowest BCUT2D eigenvalue weighted by Crippen LogP contribution is -2.16. The number of ether oxygens (including phenoxy) is 2. The van der Waals surface area contributed by atoms with Gasteiger partial charge in [-0.25, -0.2) is 14.6 Å². The van der Waals surface area contributed by atoms with E-state index in [1.165, 1.54) is 45.3 Å². The maximum atomic E-state index is 12.5. The molecule has 29 heavy (non-hydrogen) atoms. The monoisotopic (exact) mass is 400 g/mol. The molecular formula is C18H20N6O5. The highest BCUT2D eigenvalue weighted by Gasteiger charge is 2.20. The van der Waals surface area contributed by atoms with Crippen molar-refractivity contribution in [2.24, 2.45) is 21.1 Å². The standard InChI is InChI=1S/C18H20N6O5/c1-22-7-10(20-16(25)15-21-14(19)9-24(15)3)5-12(22)18(27)29-11-6-13(17(26)28-4)23(2)8-11/h5-9H,19H2,1-4H3,(H,20,25). The molecule has 3 rings (SSSR count). The highest BCUT2D eigenvalue weighted by atomic mass is 16.5. The van der Waals surface area contributed by atoms with Crippen LogP contribution in [0.1, 0.15) is 31.6 Å². The van der Waals surface area contributed by atoms with E-state index in [1.54, 1.807) is 27.3 Å². The van der Waals surface area contributed by atoms with Crippen molar-refractivity contribution in [2.75, 3.05) is 18.2 Å². The van der Waals surface area contributed by atoms with E-state index in [1.807, 2.05) is 0 Å². The van der Waals surface area contributed by atoms with Gasteiger partial charge >= 0.3 is 11.9 Å². The number of rotatable bonds is 5. The minimum atomic E-state index is -0.656. The molecule has 1 amide bonds. The highest BCUT2D eigenvalue weighted by Crippen LogP contribution is 2.20. The zero-order chi connectivity index (χ0) is 21.3. The van der Waals surface area contributed by atoms with Crippen LogP contribution in [0.3, 0.4) is 0 Å². The molecule has 0 spiro atoms. The number of methoxy groups -OCH3 is 1. The number of nitrogens with one attached hydrogen (secondary N) is 1. The summed E-state index contributed by atoms with van der Waals surface area (Å²) in [4.78, 5) is 40.5. The summed E-state index contributed by atoms with van der Waals surface area (Å²) >= 11 is 0. The molecule has 3 heterocycles. The summed E-state index contributed by atoms with van der Waals surface area (Å²) < 4.78 is 14.5. The minimum Gasteiger partial charge on any atom is -0.464 e. The van der Waals surface area contributed by atoms with Crippen LogP contribution in [0.5, 0.6) is 5.75 Å². The van der Waals surface area contributed by atoms with Crippen molar-refractivity contribution in [1.29, 1.82) is 0 Å². The van der Waals surface area contributed by atoms with E-state index in [0.29, 0.717) is 5.69 Å². The number of carbonyl (C=O) groups is 3. The third-order valence-corrected chi connectivity index (χ3v) is 4.15. The first-order valence-corrected chi connectivity index (χ1v) is 8.43. The Morgan fingerprint density at radius 3 is 2.24 bits per heavy atom. The normalized spacial score (nSPS) is 10.6. The first-order chi connectivity index (χ1) is 13.7. The fraction of sp³-hybridized carbons (Fsp3) is 0.222. The summed E-state index contributed by atoms with van der Waals surface area (Å²) in [6.45, 7) is 0. The average Bonchev–Trinajstić information content (AvgIpc) is 3.31. The summed E-state index contributed by atoms with van der Waals surface area (Å²) in [6, 6.07) is 2.87. The summed E-state index contributed by atoms with van der Waals surface area (Å²) in [5, 5.41) is 2.66. The number of nitrogens with zero attached hydrogens (tertiary/aromatic N) is 4. The lowest BCUT2D eigenvalue weighted by atomic mass is 10.4. The molecule has 152 valence electrons. The first kappa shape index (κ1) is 19.7. The van der Waals surface area contributed by atoms with Crippen molar-refractivity contribution in [3.63, 3.8) is 0 Å². The number of imidazole rings is 1. The van der Waals surface area contributed by atoms with Crippen LogP contribution in [-0.4, -0.2) is 43.6 Å². The molecule has 0 aliphatic carbocycles. The lowest BCUT2D eigenvalue weighted by molar-refractivity contribution is 0.0588. The number of amides is 1. The van der Waals surface area contributed by atoms with Gasteiger partial charge in [0.1, 0.15) is 23.0 Å². The smallest absolute Gasteiger partial charge is 0.360 e. The quantitative estimate of drug-likeness (QED) is 0.608. The van der Waals surface area contributed by atoms with E-state index < -0.39 is 17.8 Å². The Kier molecular flexibility index (Phi) is 5.13. The second kappa shape index (κ2) is 7.54. The number of esters is 2. The number of anilines is 2. The van der Waals surface area contributed by atoms with E-state index in [9.17, 15) is 14.4 Å². The molecule has 3 aromatic rings. The second-order valence-electron chi connectivity index (χ2n) is 6.33. The van der Waals surface area contributed by atoms with Gasteiger partial charge in [0.2, 0.25) is 5.82 Å². The molecule has 0 radical (unpaired) electrons. The Balaban J connectivity index is 1.74. The molecule has 11 nitrogen and oxygen atoms in total. The predicted molar refractivity (Wildman–Crippen MR) is 103 cm³/mol. The molecule has 3 aromatic heterocycles. The third-order valence-electron chi connectivity index (χ3n) is 4.15. The van der Waals surface area contributed by atoms with Gasteiger partial charge in [0.15, 0.2) is 0 Å². The van der Waals surface area contributed by atoms with Crippen LogP contribution >= 0.6 is 0 Å². The maximum absolute atomic E-state index is 12.5. The van der Waals surface area contributed by atoms with Crippen LogP contribution < -0.4 is 15.8 Å². The SMILES string of the molecule is COC(=O)c1cc(OC(=O)c2cc(NC(=O)c3nc(N)cn3C)cn2C)cn1C. The highest BCUT2D eigenvalue weighted by molar-refractivity contribution is 6.03. The van der Waals surface area contributed by atoms with Gasteiger partial charge in [-0.15, -0.1) is 0 Å².